The number of carbonyl (C=O) groups is 3. The van der Waals surface area contributed by atoms with Gasteiger partial charge in [0, 0.05) is 30.9 Å². The first kappa shape index (κ1) is 25.0. The fourth-order valence-corrected chi connectivity index (χ4v) is 4.32. The van der Waals surface area contributed by atoms with E-state index in [4.69, 9.17) is 26.4 Å². The van der Waals surface area contributed by atoms with Gasteiger partial charge in [-0.3, -0.25) is 35.1 Å². The zero-order valence-corrected chi connectivity index (χ0v) is 20.2. The second-order valence-corrected chi connectivity index (χ2v) is 8.46. The van der Waals surface area contributed by atoms with Crippen LogP contribution >= 0.6 is 24.0 Å². The van der Waals surface area contributed by atoms with Crippen LogP contribution in [0.2, 0.25) is 0 Å². The maximum absolute atomic E-state index is 12.9. The lowest BCUT2D eigenvalue weighted by Gasteiger charge is -2.14. The number of nitrogens with one attached hydrogen (secondary N) is 2. The Labute approximate surface area is 205 Å². The van der Waals surface area contributed by atoms with Crippen molar-refractivity contribution >= 4 is 52.1 Å². The van der Waals surface area contributed by atoms with E-state index < -0.39 is 11.8 Å². The van der Waals surface area contributed by atoms with Crippen molar-refractivity contribution in [2.24, 2.45) is 0 Å². The SMILES string of the molecule is COc1cc(/C=C2\SC(=S)N(CCC(=O)NNC(=O)c3ccncc3)C2=O)cc(OC)c1OC. The average molecular weight is 503 g/mol. The minimum absolute atomic E-state index is 0.0550. The quantitative estimate of drug-likeness (QED) is 0.318. The fraction of sp³-hybridized carbons (Fsp3) is 0.227. The number of hydrazine groups is 1. The summed E-state index contributed by atoms with van der Waals surface area (Å²) in [5.74, 6) is 0.0805. The molecule has 3 rings (SSSR count). The zero-order valence-electron chi connectivity index (χ0n) is 18.6. The molecular formula is C22H22N4O6S2. The number of pyridine rings is 1. The highest BCUT2D eigenvalue weighted by atomic mass is 32.2. The van der Waals surface area contributed by atoms with E-state index in [-0.39, 0.29) is 18.9 Å². The first-order valence-electron chi connectivity index (χ1n) is 9.92. The lowest BCUT2D eigenvalue weighted by atomic mass is 10.1. The Morgan fingerprint density at radius 3 is 2.32 bits per heavy atom. The van der Waals surface area contributed by atoms with Crippen LogP contribution in [-0.2, 0) is 9.59 Å². The number of benzene rings is 1. The molecule has 1 saturated heterocycles. The number of amides is 3. The van der Waals surface area contributed by atoms with Gasteiger partial charge >= 0.3 is 0 Å². The Morgan fingerprint density at radius 2 is 1.74 bits per heavy atom. The van der Waals surface area contributed by atoms with Crippen LogP contribution < -0.4 is 25.1 Å². The van der Waals surface area contributed by atoms with Crippen molar-refractivity contribution in [2.75, 3.05) is 27.9 Å². The Balaban J connectivity index is 1.62. The summed E-state index contributed by atoms with van der Waals surface area (Å²) >= 11 is 6.45. The number of carbonyl (C=O) groups excluding carboxylic acids is 3. The molecule has 1 aromatic carbocycles. The number of aromatic nitrogens is 1. The molecule has 0 spiro atoms. The van der Waals surface area contributed by atoms with Crippen LogP contribution in [0.5, 0.6) is 17.2 Å². The number of ether oxygens (including phenoxy) is 3. The van der Waals surface area contributed by atoms with Gasteiger partial charge in [0.2, 0.25) is 11.7 Å². The van der Waals surface area contributed by atoms with Crippen LogP contribution in [0.1, 0.15) is 22.3 Å². The topological polar surface area (TPSA) is 119 Å². The molecule has 1 fully saturated rings. The summed E-state index contributed by atoms with van der Waals surface area (Å²) in [6.07, 6.45) is 4.55. The molecule has 0 bridgehead atoms. The lowest BCUT2D eigenvalue weighted by Crippen LogP contribution is -2.43. The maximum atomic E-state index is 12.9. The first-order chi connectivity index (χ1) is 16.4. The van der Waals surface area contributed by atoms with Crippen LogP contribution in [0.3, 0.4) is 0 Å². The van der Waals surface area contributed by atoms with Crippen molar-refractivity contribution in [3.63, 3.8) is 0 Å². The van der Waals surface area contributed by atoms with E-state index in [0.717, 1.165) is 11.8 Å². The van der Waals surface area contributed by atoms with E-state index in [1.165, 1.54) is 50.8 Å². The van der Waals surface area contributed by atoms with E-state index in [1.807, 2.05) is 0 Å². The summed E-state index contributed by atoms with van der Waals surface area (Å²) in [5, 5.41) is 0. The monoisotopic (exact) mass is 502 g/mol. The Bertz CT molecular complexity index is 1110. The number of thioether (sulfide) groups is 1. The van der Waals surface area contributed by atoms with Crippen LogP contribution in [0, 0.1) is 0 Å². The van der Waals surface area contributed by atoms with Crippen molar-refractivity contribution < 1.29 is 28.6 Å². The first-order valence-corrected chi connectivity index (χ1v) is 11.1. The lowest BCUT2D eigenvalue weighted by molar-refractivity contribution is -0.124. The Hall–Kier alpha value is -3.64. The molecule has 2 heterocycles. The van der Waals surface area contributed by atoms with Crippen LogP contribution in [-0.4, -0.2) is 59.8 Å². The molecular weight excluding hydrogens is 480 g/mol. The van der Waals surface area contributed by atoms with Gasteiger partial charge < -0.3 is 14.2 Å². The van der Waals surface area contributed by atoms with Gasteiger partial charge in [-0.1, -0.05) is 24.0 Å². The number of methoxy groups -OCH3 is 3. The fourth-order valence-electron chi connectivity index (χ4n) is 3.01. The molecule has 0 atom stereocenters. The van der Waals surface area contributed by atoms with E-state index in [2.05, 4.69) is 15.8 Å². The highest BCUT2D eigenvalue weighted by Crippen LogP contribution is 2.40. The van der Waals surface area contributed by atoms with Gasteiger partial charge in [-0.2, -0.15) is 0 Å². The van der Waals surface area contributed by atoms with Gasteiger partial charge in [0.05, 0.1) is 26.2 Å². The van der Waals surface area contributed by atoms with Crippen molar-refractivity contribution in [2.45, 2.75) is 6.42 Å². The largest absolute Gasteiger partial charge is 0.493 e. The molecule has 2 N–H and O–H groups in total. The molecule has 2 aromatic rings. The Morgan fingerprint density at radius 1 is 1.09 bits per heavy atom. The van der Waals surface area contributed by atoms with Gasteiger partial charge in [-0.15, -0.1) is 0 Å². The van der Waals surface area contributed by atoms with Crippen LogP contribution in [0.25, 0.3) is 6.08 Å². The number of hydrogen-bond acceptors (Lipinski definition) is 9. The second-order valence-electron chi connectivity index (χ2n) is 6.78. The molecule has 10 nitrogen and oxygen atoms in total. The minimum atomic E-state index is -0.477. The number of rotatable bonds is 8. The van der Waals surface area contributed by atoms with Crippen LogP contribution in [0.4, 0.5) is 0 Å². The number of nitrogens with zero attached hydrogens (tertiary/aromatic N) is 2. The second kappa shape index (κ2) is 11.5. The molecule has 0 aliphatic carbocycles. The van der Waals surface area contributed by atoms with Crippen molar-refractivity contribution in [3.8, 4) is 17.2 Å². The van der Waals surface area contributed by atoms with E-state index >= 15 is 0 Å². The molecule has 0 saturated carbocycles. The van der Waals surface area contributed by atoms with E-state index in [9.17, 15) is 14.4 Å². The molecule has 1 aromatic heterocycles. The smallest absolute Gasteiger partial charge is 0.269 e. The molecule has 34 heavy (non-hydrogen) atoms. The zero-order chi connectivity index (χ0) is 24.7. The summed E-state index contributed by atoms with van der Waals surface area (Å²) in [5.41, 5.74) is 5.65. The predicted octanol–water partition coefficient (Wildman–Crippen LogP) is 2.16. The average Bonchev–Trinajstić information content (AvgIpc) is 3.12. The van der Waals surface area contributed by atoms with Gasteiger partial charge in [-0.05, 0) is 35.9 Å². The van der Waals surface area contributed by atoms with Crippen molar-refractivity contribution in [3.05, 3.63) is 52.7 Å². The predicted molar refractivity (Wildman–Crippen MR) is 130 cm³/mol. The third kappa shape index (κ3) is 5.83. The van der Waals surface area contributed by atoms with E-state index in [1.54, 1.807) is 18.2 Å². The highest BCUT2D eigenvalue weighted by molar-refractivity contribution is 8.26. The van der Waals surface area contributed by atoms with Gasteiger partial charge in [0.15, 0.2) is 11.5 Å². The van der Waals surface area contributed by atoms with Gasteiger partial charge in [0.25, 0.3) is 11.8 Å². The summed E-state index contributed by atoms with van der Waals surface area (Å²) in [4.78, 5) is 42.6. The summed E-state index contributed by atoms with van der Waals surface area (Å²) in [6.45, 7) is 0.0637. The third-order valence-corrected chi connectivity index (χ3v) is 6.06. The van der Waals surface area contributed by atoms with Crippen molar-refractivity contribution in [1.29, 1.82) is 0 Å². The number of thiocarbonyl (C=S) groups is 1. The van der Waals surface area contributed by atoms with E-state index in [0.29, 0.717) is 37.6 Å². The van der Waals surface area contributed by atoms with Crippen LogP contribution in [0.15, 0.2) is 41.6 Å². The molecule has 1 aliphatic heterocycles. The molecule has 178 valence electrons. The normalized spacial score (nSPS) is 14.2. The van der Waals surface area contributed by atoms with Gasteiger partial charge in [-0.25, -0.2) is 0 Å². The standard InChI is InChI=1S/C22H22N4O6S2/c1-30-15-10-13(11-16(31-2)19(15)32-3)12-17-21(29)26(22(33)34-17)9-6-18(27)24-25-20(28)14-4-7-23-8-5-14/h4-5,7-8,10-12H,6,9H2,1-3H3,(H,24,27)(H,25,28)/b17-12-. The molecule has 3 amide bonds. The molecule has 0 unspecified atom stereocenters. The third-order valence-electron chi connectivity index (χ3n) is 4.68. The molecule has 0 radical (unpaired) electrons. The highest BCUT2D eigenvalue weighted by Gasteiger charge is 2.32. The molecule has 12 heteroatoms. The summed E-state index contributed by atoms with van der Waals surface area (Å²) in [7, 11) is 4.52. The Kier molecular flexibility index (Phi) is 8.44. The van der Waals surface area contributed by atoms with Crippen molar-refractivity contribution in [1.82, 2.24) is 20.7 Å². The molecule has 1 aliphatic rings. The maximum Gasteiger partial charge on any atom is 0.269 e. The summed E-state index contributed by atoms with van der Waals surface area (Å²) in [6, 6.07) is 6.46. The number of hydrogen-bond donors (Lipinski definition) is 2. The minimum Gasteiger partial charge on any atom is -0.493 e. The van der Waals surface area contributed by atoms with Gasteiger partial charge in [0.1, 0.15) is 4.32 Å². The summed E-state index contributed by atoms with van der Waals surface area (Å²) < 4.78 is 16.3.